The monoisotopic (exact) mass is 446 g/mol. The summed E-state index contributed by atoms with van der Waals surface area (Å²) in [4.78, 5) is 40.4. The van der Waals surface area contributed by atoms with Gasteiger partial charge in [0.05, 0.1) is 10.6 Å². The Morgan fingerprint density at radius 2 is 1.93 bits per heavy atom. The van der Waals surface area contributed by atoms with E-state index in [4.69, 9.17) is 21.4 Å². The second-order valence-corrected chi connectivity index (χ2v) is 7.38. The predicted molar refractivity (Wildman–Crippen MR) is 112 cm³/mol. The van der Waals surface area contributed by atoms with Gasteiger partial charge in [0.15, 0.2) is 17.2 Å². The highest BCUT2D eigenvalue weighted by molar-refractivity contribution is 7.18. The number of benzene rings is 1. The number of halogens is 1. The molecule has 1 amide bonds. The number of aromatic nitrogens is 1. The maximum Gasteiger partial charge on any atom is 0.349 e. The molecule has 0 saturated carbocycles. The van der Waals surface area contributed by atoms with Crippen molar-refractivity contribution in [3.8, 4) is 16.2 Å². The van der Waals surface area contributed by atoms with Crippen LogP contribution in [0.5, 0.6) is 5.75 Å². The zero-order chi connectivity index (χ0) is 21.8. The first kappa shape index (κ1) is 21.3. The lowest BCUT2D eigenvalue weighted by molar-refractivity contribution is -0.139. The van der Waals surface area contributed by atoms with Crippen LogP contribution in [0.2, 0.25) is 5.02 Å². The van der Waals surface area contributed by atoms with Gasteiger partial charge >= 0.3 is 11.9 Å². The number of anilines is 2. The van der Waals surface area contributed by atoms with Gasteiger partial charge in [-0.3, -0.25) is 9.69 Å². The Bertz CT molecular complexity index is 1120. The van der Waals surface area contributed by atoms with Crippen molar-refractivity contribution in [2.24, 2.45) is 0 Å². The number of carbonyl (C=O) groups excluding carboxylic acids is 1. The Kier molecular flexibility index (Phi) is 6.34. The molecule has 0 aliphatic rings. The van der Waals surface area contributed by atoms with Gasteiger partial charge in [-0.25, -0.2) is 14.6 Å². The fourth-order valence-corrected chi connectivity index (χ4v) is 4.14. The Hall–Kier alpha value is -3.43. The average molecular weight is 447 g/mol. The molecule has 154 valence electrons. The number of aromatic carboxylic acids is 1. The van der Waals surface area contributed by atoms with Gasteiger partial charge in [-0.2, -0.15) is 0 Å². The number of amides is 1. The molecule has 2 aromatic heterocycles. The van der Waals surface area contributed by atoms with Crippen LogP contribution in [0.25, 0.3) is 10.4 Å². The lowest BCUT2D eigenvalue weighted by Crippen LogP contribution is -2.23. The number of pyridine rings is 1. The summed E-state index contributed by atoms with van der Waals surface area (Å²) in [5.41, 5.74) is 1.05. The van der Waals surface area contributed by atoms with E-state index in [0.717, 1.165) is 11.3 Å². The summed E-state index contributed by atoms with van der Waals surface area (Å²) < 4.78 is 5.10. The van der Waals surface area contributed by atoms with Crippen LogP contribution in [-0.2, 0) is 9.59 Å². The van der Waals surface area contributed by atoms with Crippen LogP contribution in [0.3, 0.4) is 0 Å². The highest BCUT2D eigenvalue weighted by Crippen LogP contribution is 2.46. The molecule has 0 spiro atoms. The van der Waals surface area contributed by atoms with E-state index in [1.54, 1.807) is 48.7 Å². The first-order valence-corrected chi connectivity index (χ1v) is 9.71. The van der Waals surface area contributed by atoms with Crippen molar-refractivity contribution in [3.05, 3.63) is 58.6 Å². The van der Waals surface area contributed by atoms with Crippen LogP contribution in [0, 0.1) is 0 Å². The Labute approximate surface area is 179 Å². The number of carbonyl (C=O) groups is 3. The zero-order valence-corrected chi connectivity index (χ0v) is 17.1. The fraction of sp³-hybridized carbons (Fsp3) is 0.100. The molecule has 0 atom stereocenters. The van der Waals surface area contributed by atoms with Gasteiger partial charge in [0.2, 0.25) is 5.91 Å². The Morgan fingerprint density at radius 3 is 2.53 bits per heavy atom. The molecule has 0 radical (unpaired) electrons. The molecule has 1 aromatic carbocycles. The lowest BCUT2D eigenvalue weighted by atomic mass is 10.1. The minimum atomic E-state index is -1.29. The molecule has 30 heavy (non-hydrogen) atoms. The summed E-state index contributed by atoms with van der Waals surface area (Å²) in [6.07, 6.45) is 1.57. The Morgan fingerprint density at radius 1 is 1.17 bits per heavy atom. The number of rotatable bonds is 7. The summed E-state index contributed by atoms with van der Waals surface area (Å²) in [6.45, 7) is 0.674. The number of ether oxygens (including phenoxy) is 1. The Balaban J connectivity index is 2.07. The van der Waals surface area contributed by atoms with E-state index in [-0.39, 0.29) is 21.6 Å². The molecule has 0 bridgehead atoms. The molecule has 2 N–H and O–H groups in total. The standard InChI is InChI=1S/C20H15ClN2O6S/c1-11(24)23(14-7-2-3-8-22-14)13-6-4-5-12(9-13)18-16(21)17(29-10-15(25)26)19(30-18)20(27)28/h2-9H,10H2,1H3,(H,25,26)(H,27,28). The SMILES string of the molecule is CC(=O)N(c1cccc(-c2sc(C(=O)O)c(OCC(=O)O)c2Cl)c1)c1ccccn1. The van der Waals surface area contributed by atoms with E-state index in [1.807, 2.05) is 0 Å². The lowest BCUT2D eigenvalue weighted by Gasteiger charge is -2.20. The smallest absolute Gasteiger partial charge is 0.349 e. The minimum absolute atomic E-state index is 0.0111. The van der Waals surface area contributed by atoms with Crippen molar-refractivity contribution >= 4 is 52.3 Å². The van der Waals surface area contributed by atoms with Crippen molar-refractivity contribution in [3.63, 3.8) is 0 Å². The van der Waals surface area contributed by atoms with Gasteiger partial charge in [0.1, 0.15) is 10.8 Å². The predicted octanol–water partition coefficient (Wildman–Crippen LogP) is 4.31. The molecule has 0 aliphatic heterocycles. The average Bonchev–Trinajstić information content (AvgIpc) is 3.04. The van der Waals surface area contributed by atoms with Crippen LogP contribution in [0.4, 0.5) is 11.5 Å². The van der Waals surface area contributed by atoms with E-state index >= 15 is 0 Å². The number of hydrogen-bond acceptors (Lipinski definition) is 6. The number of hydrogen-bond donors (Lipinski definition) is 2. The zero-order valence-electron chi connectivity index (χ0n) is 15.5. The third kappa shape index (κ3) is 4.42. The molecule has 0 fully saturated rings. The first-order chi connectivity index (χ1) is 14.3. The molecule has 0 aliphatic carbocycles. The molecule has 2 heterocycles. The van der Waals surface area contributed by atoms with Crippen LogP contribution in [0.15, 0.2) is 48.7 Å². The van der Waals surface area contributed by atoms with E-state index in [9.17, 15) is 19.5 Å². The van der Waals surface area contributed by atoms with E-state index in [2.05, 4.69) is 4.98 Å². The summed E-state index contributed by atoms with van der Waals surface area (Å²) in [7, 11) is 0. The largest absolute Gasteiger partial charge is 0.479 e. The highest BCUT2D eigenvalue weighted by Gasteiger charge is 2.25. The van der Waals surface area contributed by atoms with Crippen molar-refractivity contribution in [2.45, 2.75) is 6.92 Å². The molecule has 10 heteroatoms. The molecular formula is C20H15ClN2O6S. The maximum absolute atomic E-state index is 12.3. The summed E-state index contributed by atoms with van der Waals surface area (Å²) in [5.74, 6) is -2.59. The van der Waals surface area contributed by atoms with E-state index in [1.165, 1.54) is 11.8 Å². The molecular weight excluding hydrogens is 432 g/mol. The van der Waals surface area contributed by atoms with Crippen LogP contribution < -0.4 is 9.64 Å². The van der Waals surface area contributed by atoms with Gasteiger partial charge in [-0.15, -0.1) is 11.3 Å². The van der Waals surface area contributed by atoms with Crippen LogP contribution in [0.1, 0.15) is 16.6 Å². The fourth-order valence-electron chi connectivity index (χ4n) is 2.73. The van der Waals surface area contributed by atoms with Crippen molar-refractivity contribution in [1.29, 1.82) is 0 Å². The first-order valence-electron chi connectivity index (χ1n) is 8.52. The number of carboxylic acid groups (broad SMARTS) is 2. The van der Waals surface area contributed by atoms with Crippen LogP contribution >= 0.6 is 22.9 Å². The second kappa shape index (κ2) is 8.93. The van der Waals surface area contributed by atoms with Crippen molar-refractivity contribution < 1.29 is 29.3 Å². The molecule has 0 saturated heterocycles. The normalized spacial score (nSPS) is 10.5. The molecule has 3 aromatic rings. The minimum Gasteiger partial charge on any atom is -0.479 e. The molecule has 0 unspecified atom stereocenters. The quantitative estimate of drug-likeness (QED) is 0.555. The summed E-state index contributed by atoms with van der Waals surface area (Å²) in [6, 6.07) is 11.9. The van der Waals surface area contributed by atoms with Crippen LogP contribution in [-0.4, -0.2) is 39.6 Å². The number of carboxylic acids is 2. The van der Waals surface area contributed by atoms with Gasteiger partial charge in [0, 0.05) is 13.1 Å². The van der Waals surface area contributed by atoms with Gasteiger partial charge in [-0.1, -0.05) is 29.8 Å². The van der Waals surface area contributed by atoms with Crippen molar-refractivity contribution in [1.82, 2.24) is 4.98 Å². The van der Waals surface area contributed by atoms with Crippen molar-refractivity contribution in [2.75, 3.05) is 11.5 Å². The van der Waals surface area contributed by atoms with Gasteiger partial charge in [0.25, 0.3) is 0 Å². The third-order valence-electron chi connectivity index (χ3n) is 3.90. The summed E-state index contributed by atoms with van der Waals surface area (Å²) in [5, 5.41) is 18.3. The van der Waals surface area contributed by atoms with Gasteiger partial charge in [-0.05, 0) is 29.8 Å². The highest BCUT2D eigenvalue weighted by atomic mass is 35.5. The van der Waals surface area contributed by atoms with E-state index < -0.39 is 18.5 Å². The maximum atomic E-state index is 12.3. The topological polar surface area (TPSA) is 117 Å². The second-order valence-electron chi connectivity index (χ2n) is 5.98. The summed E-state index contributed by atoms with van der Waals surface area (Å²) >= 11 is 7.19. The third-order valence-corrected chi connectivity index (χ3v) is 5.58. The number of nitrogens with zero attached hydrogens (tertiary/aromatic N) is 2. The van der Waals surface area contributed by atoms with Gasteiger partial charge < -0.3 is 14.9 Å². The molecule has 8 nitrogen and oxygen atoms in total. The molecule has 3 rings (SSSR count). The number of aliphatic carboxylic acids is 1. The number of thiophene rings is 1. The van der Waals surface area contributed by atoms with E-state index in [0.29, 0.717) is 21.9 Å².